The van der Waals surface area contributed by atoms with Crippen LogP contribution in [0.5, 0.6) is 0 Å². The second-order valence-electron chi connectivity index (χ2n) is 20.6. The lowest BCUT2D eigenvalue weighted by Crippen LogP contribution is -2.30. The summed E-state index contributed by atoms with van der Waals surface area (Å²) in [5.74, 6) is -0.409. The largest absolute Gasteiger partial charge is 0.462 e. The van der Waals surface area contributed by atoms with Gasteiger partial charge in [-0.15, -0.1) is 0 Å². The van der Waals surface area contributed by atoms with E-state index in [0.717, 1.165) is 83.5 Å². The van der Waals surface area contributed by atoms with E-state index in [4.69, 9.17) is 14.2 Å². The van der Waals surface area contributed by atoms with Crippen molar-refractivity contribution in [2.24, 2.45) is 0 Å². The molecule has 0 aliphatic heterocycles. The van der Waals surface area contributed by atoms with E-state index in [-0.39, 0.29) is 25.2 Å². The summed E-state index contributed by atoms with van der Waals surface area (Å²) in [6, 6.07) is 0. The van der Waals surface area contributed by atoms with Crippen LogP contribution in [0, 0.1) is 0 Å². The number of rotatable bonds is 57. The molecule has 0 N–H and O–H groups in total. The summed E-state index contributed by atoms with van der Waals surface area (Å²) in [6.07, 6.45) is 78.2. The second-order valence-corrected chi connectivity index (χ2v) is 20.6. The van der Waals surface area contributed by atoms with Crippen LogP contribution in [0.25, 0.3) is 0 Å². The number of carbonyl (C=O) groups excluding carboxylic acids is 2. The predicted molar refractivity (Wildman–Crippen MR) is 307 cm³/mol. The first-order chi connectivity index (χ1) is 34.6. The maximum atomic E-state index is 12.9. The third-order valence-electron chi connectivity index (χ3n) is 13.5. The van der Waals surface area contributed by atoms with Crippen LogP contribution >= 0.6 is 0 Å². The zero-order chi connectivity index (χ0) is 50.6. The summed E-state index contributed by atoms with van der Waals surface area (Å²) in [6.45, 7) is 7.74. The van der Waals surface area contributed by atoms with Gasteiger partial charge in [0.25, 0.3) is 0 Å². The van der Waals surface area contributed by atoms with Crippen LogP contribution in [-0.2, 0) is 23.8 Å². The van der Waals surface area contributed by atoms with Crippen molar-refractivity contribution in [2.75, 3.05) is 19.8 Å². The summed E-state index contributed by atoms with van der Waals surface area (Å²) in [5, 5.41) is 0. The number of allylic oxidation sites excluding steroid dienone is 10. The Labute approximate surface area is 436 Å². The molecular weight excluding hydrogens is 861 g/mol. The molecule has 0 aromatic carbocycles. The average Bonchev–Trinajstić information content (AvgIpc) is 3.36. The van der Waals surface area contributed by atoms with Gasteiger partial charge in [-0.1, -0.05) is 281 Å². The molecule has 0 fully saturated rings. The van der Waals surface area contributed by atoms with E-state index in [1.807, 2.05) is 0 Å². The van der Waals surface area contributed by atoms with Crippen molar-refractivity contribution < 1.29 is 23.8 Å². The molecule has 0 amide bonds. The fraction of sp³-hybridized carbons (Fsp3) is 0.815. The van der Waals surface area contributed by atoms with Crippen LogP contribution in [0.4, 0.5) is 0 Å². The molecule has 0 rings (SSSR count). The van der Waals surface area contributed by atoms with E-state index in [9.17, 15) is 9.59 Å². The van der Waals surface area contributed by atoms with Gasteiger partial charge in [0.1, 0.15) is 6.61 Å². The number of carbonyl (C=O) groups is 2. The van der Waals surface area contributed by atoms with Gasteiger partial charge < -0.3 is 14.2 Å². The second kappa shape index (κ2) is 60.9. The lowest BCUT2D eigenvalue weighted by molar-refractivity contribution is -0.163. The molecule has 0 aromatic heterocycles. The van der Waals surface area contributed by atoms with Crippen molar-refractivity contribution in [2.45, 2.75) is 322 Å². The third-order valence-corrected chi connectivity index (χ3v) is 13.5. The summed E-state index contributed by atoms with van der Waals surface area (Å²) in [4.78, 5) is 25.6. The van der Waals surface area contributed by atoms with Crippen molar-refractivity contribution in [3.63, 3.8) is 0 Å². The van der Waals surface area contributed by atoms with Crippen LogP contribution < -0.4 is 0 Å². The topological polar surface area (TPSA) is 61.8 Å². The standard InChI is InChI=1S/C65H118O5/c1-4-7-10-13-16-19-22-25-28-31-33-35-37-40-43-46-49-52-55-58-64(66)69-62-63(61-68-60-57-54-51-48-45-42-39-36-32-29-26-23-20-17-14-11-8-5-2)70-65(67)59-56-53-50-47-44-41-38-34-30-27-24-21-18-15-12-9-6-3/h9,12,18,21,26-27,29-30,38,41,63H,4-8,10-11,13-17,19-20,22-25,28,31-37,39-40,42-62H2,1-3H3/b12-9-,21-18-,29-26-,30-27-,41-38-. The molecule has 0 bridgehead atoms. The number of ether oxygens (including phenoxy) is 3. The minimum atomic E-state index is -0.551. The summed E-state index contributed by atoms with van der Waals surface area (Å²) in [7, 11) is 0. The first-order valence-electron chi connectivity index (χ1n) is 30.8. The molecule has 0 saturated carbocycles. The Morgan fingerprint density at radius 3 is 1.04 bits per heavy atom. The van der Waals surface area contributed by atoms with Crippen molar-refractivity contribution in [3.8, 4) is 0 Å². The zero-order valence-corrected chi connectivity index (χ0v) is 47.0. The maximum absolute atomic E-state index is 12.9. The molecule has 0 aliphatic carbocycles. The van der Waals surface area contributed by atoms with Gasteiger partial charge in [0.05, 0.1) is 6.61 Å². The monoisotopic (exact) mass is 979 g/mol. The van der Waals surface area contributed by atoms with Crippen LogP contribution in [0.15, 0.2) is 60.8 Å². The number of hydrogen-bond donors (Lipinski definition) is 0. The SMILES string of the molecule is CC/C=C\C/C=C\C/C=C\C/C=C\CCCCCCC(=O)OC(COCCCCCCCCCC/C=C\CCCCCCCC)COC(=O)CCCCCCCCCCCCCCCCCCCCC. The molecule has 0 saturated heterocycles. The van der Waals surface area contributed by atoms with Gasteiger partial charge in [-0.05, 0) is 83.5 Å². The number of hydrogen-bond acceptors (Lipinski definition) is 5. The van der Waals surface area contributed by atoms with Gasteiger partial charge in [-0.25, -0.2) is 0 Å². The van der Waals surface area contributed by atoms with Gasteiger partial charge >= 0.3 is 11.9 Å². The van der Waals surface area contributed by atoms with Crippen LogP contribution in [0.3, 0.4) is 0 Å². The van der Waals surface area contributed by atoms with E-state index in [2.05, 4.69) is 81.5 Å². The third kappa shape index (κ3) is 58.2. The molecule has 5 nitrogen and oxygen atoms in total. The van der Waals surface area contributed by atoms with Crippen molar-refractivity contribution >= 4 is 11.9 Å². The van der Waals surface area contributed by atoms with Crippen molar-refractivity contribution in [1.82, 2.24) is 0 Å². The average molecular weight is 980 g/mol. The molecule has 0 aliphatic rings. The van der Waals surface area contributed by atoms with E-state index >= 15 is 0 Å². The molecule has 0 aromatic rings. The molecule has 408 valence electrons. The van der Waals surface area contributed by atoms with Gasteiger partial charge in [0.15, 0.2) is 6.10 Å². The Morgan fingerprint density at radius 2 is 0.643 bits per heavy atom. The minimum absolute atomic E-state index is 0.0769. The highest BCUT2D eigenvalue weighted by Gasteiger charge is 2.17. The summed E-state index contributed by atoms with van der Waals surface area (Å²) < 4.78 is 17.5. The van der Waals surface area contributed by atoms with Gasteiger partial charge in [0.2, 0.25) is 0 Å². The van der Waals surface area contributed by atoms with E-state index in [1.54, 1.807) is 0 Å². The van der Waals surface area contributed by atoms with E-state index in [1.165, 1.54) is 199 Å². The Morgan fingerprint density at radius 1 is 0.329 bits per heavy atom. The molecule has 5 heteroatoms. The normalized spacial score (nSPS) is 12.6. The van der Waals surface area contributed by atoms with Crippen molar-refractivity contribution in [1.29, 1.82) is 0 Å². The van der Waals surface area contributed by atoms with E-state index < -0.39 is 6.10 Å². The lowest BCUT2D eigenvalue weighted by atomic mass is 10.0. The zero-order valence-electron chi connectivity index (χ0n) is 47.0. The molecular formula is C65H118O5. The first-order valence-corrected chi connectivity index (χ1v) is 30.8. The Hall–Kier alpha value is -2.40. The highest BCUT2D eigenvalue weighted by atomic mass is 16.6. The van der Waals surface area contributed by atoms with Gasteiger partial charge in [-0.2, -0.15) is 0 Å². The van der Waals surface area contributed by atoms with Crippen molar-refractivity contribution in [3.05, 3.63) is 60.8 Å². The maximum Gasteiger partial charge on any atom is 0.306 e. The summed E-state index contributed by atoms with van der Waals surface area (Å²) >= 11 is 0. The lowest BCUT2D eigenvalue weighted by Gasteiger charge is -2.18. The highest BCUT2D eigenvalue weighted by Crippen LogP contribution is 2.17. The molecule has 0 spiro atoms. The smallest absolute Gasteiger partial charge is 0.306 e. The highest BCUT2D eigenvalue weighted by molar-refractivity contribution is 5.70. The minimum Gasteiger partial charge on any atom is -0.462 e. The first kappa shape index (κ1) is 67.6. The Bertz CT molecular complexity index is 1200. The van der Waals surface area contributed by atoms with Crippen LogP contribution in [0.2, 0.25) is 0 Å². The van der Waals surface area contributed by atoms with Gasteiger partial charge in [-0.3, -0.25) is 9.59 Å². The number of esters is 2. The van der Waals surface area contributed by atoms with Crippen LogP contribution in [0.1, 0.15) is 316 Å². The fourth-order valence-corrected chi connectivity index (χ4v) is 8.97. The quantitative estimate of drug-likeness (QED) is 0.0345. The molecule has 1 atom stereocenters. The summed E-state index contributed by atoms with van der Waals surface area (Å²) in [5.41, 5.74) is 0. The predicted octanol–water partition coefficient (Wildman–Crippen LogP) is 21.2. The number of unbranched alkanes of at least 4 members (excludes halogenated alkanes) is 36. The fourth-order valence-electron chi connectivity index (χ4n) is 8.97. The van der Waals surface area contributed by atoms with E-state index in [0.29, 0.717) is 19.4 Å². The molecule has 0 radical (unpaired) electrons. The molecule has 0 heterocycles. The molecule has 1 unspecified atom stereocenters. The molecule has 70 heavy (non-hydrogen) atoms. The Balaban J connectivity index is 4.28. The Kier molecular flexibility index (Phi) is 58.8. The van der Waals surface area contributed by atoms with Crippen LogP contribution in [-0.4, -0.2) is 37.9 Å². The van der Waals surface area contributed by atoms with Gasteiger partial charge in [0, 0.05) is 19.4 Å².